The first-order chi connectivity index (χ1) is 9.58. The number of hydrogen-bond acceptors (Lipinski definition) is 2. The molecule has 2 rings (SSSR count). The van der Waals surface area contributed by atoms with E-state index in [0.29, 0.717) is 0 Å². The SMILES string of the molecule is CC(N[C@@H](C)c1ccc(Br)cc1)C(=O)N1CCCCC1. The zero-order chi connectivity index (χ0) is 14.5. The molecule has 1 unspecified atom stereocenters. The van der Waals surface area contributed by atoms with Crippen molar-refractivity contribution in [2.75, 3.05) is 13.1 Å². The number of likely N-dealkylation sites (tertiary alicyclic amines) is 1. The molecule has 110 valence electrons. The number of piperidine rings is 1. The highest BCUT2D eigenvalue weighted by Gasteiger charge is 2.23. The van der Waals surface area contributed by atoms with E-state index >= 15 is 0 Å². The lowest BCUT2D eigenvalue weighted by atomic mass is 10.1. The number of carbonyl (C=O) groups is 1. The Labute approximate surface area is 129 Å². The summed E-state index contributed by atoms with van der Waals surface area (Å²) in [5.74, 6) is 0.230. The highest BCUT2D eigenvalue weighted by atomic mass is 79.9. The van der Waals surface area contributed by atoms with Crippen LogP contribution in [0.25, 0.3) is 0 Å². The smallest absolute Gasteiger partial charge is 0.239 e. The topological polar surface area (TPSA) is 32.3 Å². The molecule has 0 aliphatic carbocycles. The van der Waals surface area contributed by atoms with Gasteiger partial charge in [-0.3, -0.25) is 10.1 Å². The fourth-order valence-corrected chi connectivity index (χ4v) is 2.95. The predicted octanol–water partition coefficient (Wildman–Crippen LogP) is 3.50. The van der Waals surface area contributed by atoms with Crippen molar-refractivity contribution in [2.45, 2.75) is 45.2 Å². The van der Waals surface area contributed by atoms with E-state index in [1.807, 2.05) is 24.0 Å². The standard InChI is InChI=1S/C16H23BrN2O/c1-12(14-6-8-15(17)9-7-14)18-13(2)16(20)19-10-4-3-5-11-19/h6-9,12-13,18H,3-5,10-11H2,1-2H3/t12-,13?/m0/s1. The van der Waals surface area contributed by atoms with Gasteiger partial charge in [0.15, 0.2) is 0 Å². The first-order valence-electron chi connectivity index (χ1n) is 7.38. The van der Waals surface area contributed by atoms with Crippen LogP contribution in [0.15, 0.2) is 28.7 Å². The van der Waals surface area contributed by atoms with Crippen LogP contribution in [0, 0.1) is 0 Å². The summed E-state index contributed by atoms with van der Waals surface area (Å²) >= 11 is 3.44. The van der Waals surface area contributed by atoms with E-state index in [0.717, 1.165) is 30.4 Å². The molecule has 0 saturated carbocycles. The third-order valence-corrected chi connectivity index (χ3v) is 4.44. The van der Waals surface area contributed by atoms with Crippen molar-refractivity contribution in [3.05, 3.63) is 34.3 Å². The monoisotopic (exact) mass is 338 g/mol. The van der Waals surface area contributed by atoms with Gasteiger partial charge in [0.1, 0.15) is 0 Å². The molecule has 20 heavy (non-hydrogen) atoms. The van der Waals surface area contributed by atoms with Crippen molar-refractivity contribution in [1.82, 2.24) is 10.2 Å². The molecule has 1 aliphatic rings. The van der Waals surface area contributed by atoms with Gasteiger partial charge >= 0.3 is 0 Å². The molecule has 1 aromatic rings. The van der Waals surface area contributed by atoms with Crippen LogP contribution in [0.5, 0.6) is 0 Å². The van der Waals surface area contributed by atoms with Gasteiger partial charge in [-0.2, -0.15) is 0 Å². The zero-order valence-electron chi connectivity index (χ0n) is 12.2. The molecule has 1 amide bonds. The van der Waals surface area contributed by atoms with Crippen molar-refractivity contribution >= 4 is 21.8 Å². The first kappa shape index (κ1) is 15.5. The molecule has 1 heterocycles. The van der Waals surface area contributed by atoms with Crippen LogP contribution in [-0.4, -0.2) is 29.9 Å². The van der Waals surface area contributed by atoms with Crippen LogP contribution < -0.4 is 5.32 Å². The maximum absolute atomic E-state index is 12.4. The minimum atomic E-state index is -0.133. The zero-order valence-corrected chi connectivity index (χ0v) is 13.8. The largest absolute Gasteiger partial charge is 0.341 e. The lowest BCUT2D eigenvalue weighted by Gasteiger charge is -2.30. The molecule has 0 aromatic heterocycles. The number of rotatable bonds is 4. The van der Waals surface area contributed by atoms with Crippen LogP contribution in [0.2, 0.25) is 0 Å². The summed E-state index contributed by atoms with van der Waals surface area (Å²) in [5.41, 5.74) is 1.20. The van der Waals surface area contributed by atoms with Crippen molar-refractivity contribution in [2.24, 2.45) is 0 Å². The van der Waals surface area contributed by atoms with Crippen LogP contribution >= 0.6 is 15.9 Å². The van der Waals surface area contributed by atoms with Gasteiger partial charge < -0.3 is 4.90 Å². The van der Waals surface area contributed by atoms with Crippen molar-refractivity contribution in [1.29, 1.82) is 0 Å². The molecule has 1 aromatic carbocycles. The fraction of sp³-hybridized carbons (Fsp3) is 0.562. The summed E-state index contributed by atoms with van der Waals surface area (Å²) in [7, 11) is 0. The Morgan fingerprint density at radius 2 is 1.75 bits per heavy atom. The van der Waals surface area contributed by atoms with E-state index in [9.17, 15) is 4.79 Å². The van der Waals surface area contributed by atoms with Gasteiger partial charge in [-0.25, -0.2) is 0 Å². The van der Waals surface area contributed by atoms with Crippen molar-refractivity contribution < 1.29 is 4.79 Å². The quantitative estimate of drug-likeness (QED) is 0.911. The van der Waals surface area contributed by atoms with Gasteiger partial charge in [0.05, 0.1) is 6.04 Å². The second-order valence-corrected chi connectivity index (χ2v) is 6.46. The van der Waals surface area contributed by atoms with Gasteiger partial charge in [-0.15, -0.1) is 0 Å². The summed E-state index contributed by atoms with van der Waals surface area (Å²) in [6.07, 6.45) is 3.53. The van der Waals surface area contributed by atoms with Gasteiger partial charge in [0, 0.05) is 23.6 Å². The second kappa shape index (κ2) is 7.23. The summed E-state index contributed by atoms with van der Waals surface area (Å²) in [4.78, 5) is 14.4. The average molecular weight is 339 g/mol. The molecule has 0 radical (unpaired) electrons. The molecule has 0 bridgehead atoms. The lowest BCUT2D eigenvalue weighted by molar-refractivity contribution is -0.134. The third kappa shape index (κ3) is 4.06. The summed E-state index contributed by atoms with van der Waals surface area (Å²) in [5, 5.41) is 3.41. The van der Waals surface area contributed by atoms with E-state index in [1.165, 1.54) is 12.0 Å². The molecule has 2 atom stereocenters. The van der Waals surface area contributed by atoms with Crippen LogP contribution in [0.1, 0.15) is 44.7 Å². The van der Waals surface area contributed by atoms with Crippen molar-refractivity contribution in [3.63, 3.8) is 0 Å². The van der Waals surface area contributed by atoms with E-state index < -0.39 is 0 Å². The van der Waals surface area contributed by atoms with E-state index in [4.69, 9.17) is 0 Å². The minimum Gasteiger partial charge on any atom is -0.341 e. The Bertz CT molecular complexity index is 440. The molecule has 1 saturated heterocycles. The predicted molar refractivity (Wildman–Crippen MR) is 85.6 cm³/mol. The number of benzene rings is 1. The van der Waals surface area contributed by atoms with Crippen LogP contribution in [0.4, 0.5) is 0 Å². The summed E-state index contributed by atoms with van der Waals surface area (Å²) in [6.45, 7) is 5.89. The second-order valence-electron chi connectivity index (χ2n) is 5.55. The lowest BCUT2D eigenvalue weighted by Crippen LogP contribution is -2.47. The normalized spacial score (nSPS) is 18.6. The third-order valence-electron chi connectivity index (χ3n) is 3.91. The number of amides is 1. The summed E-state index contributed by atoms with van der Waals surface area (Å²) < 4.78 is 1.07. The fourth-order valence-electron chi connectivity index (χ4n) is 2.68. The number of nitrogens with one attached hydrogen (secondary N) is 1. The maximum atomic E-state index is 12.4. The number of hydrogen-bond donors (Lipinski definition) is 1. The average Bonchev–Trinajstić information content (AvgIpc) is 2.48. The number of halogens is 1. The van der Waals surface area contributed by atoms with E-state index in [1.54, 1.807) is 0 Å². The maximum Gasteiger partial charge on any atom is 0.239 e. The molecule has 4 heteroatoms. The number of carbonyl (C=O) groups excluding carboxylic acids is 1. The Hall–Kier alpha value is -0.870. The highest BCUT2D eigenvalue weighted by Crippen LogP contribution is 2.17. The Morgan fingerprint density at radius 3 is 2.35 bits per heavy atom. The van der Waals surface area contributed by atoms with E-state index in [-0.39, 0.29) is 18.0 Å². The Morgan fingerprint density at radius 1 is 1.15 bits per heavy atom. The molecule has 3 nitrogen and oxygen atoms in total. The van der Waals surface area contributed by atoms with Crippen molar-refractivity contribution in [3.8, 4) is 0 Å². The van der Waals surface area contributed by atoms with Crippen LogP contribution in [0.3, 0.4) is 0 Å². The van der Waals surface area contributed by atoms with Crippen LogP contribution in [-0.2, 0) is 4.79 Å². The number of nitrogens with zero attached hydrogens (tertiary/aromatic N) is 1. The molecular weight excluding hydrogens is 316 g/mol. The highest BCUT2D eigenvalue weighted by molar-refractivity contribution is 9.10. The molecule has 1 aliphatic heterocycles. The first-order valence-corrected chi connectivity index (χ1v) is 8.17. The van der Waals surface area contributed by atoms with E-state index in [2.05, 4.69) is 40.3 Å². The van der Waals surface area contributed by atoms with Gasteiger partial charge in [0.2, 0.25) is 5.91 Å². The molecule has 1 N–H and O–H groups in total. The molecular formula is C16H23BrN2O. The molecule has 1 fully saturated rings. The van der Waals surface area contributed by atoms with Gasteiger partial charge in [-0.05, 0) is 50.8 Å². The summed E-state index contributed by atoms with van der Waals surface area (Å²) in [6, 6.07) is 8.27. The molecule has 0 spiro atoms. The van der Waals surface area contributed by atoms with Gasteiger partial charge in [-0.1, -0.05) is 28.1 Å². The Balaban J connectivity index is 1.91. The van der Waals surface area contributed by atoms with Gasteiger partial charge in [0.25, 0.3) is 0 Å². The minimum absolute atomic E-state index is 0.133. The Kier molecular flexibility index (Phi) is 5.61.